The normalized spacial score (nSPS) is 11.1. The van der Waals surface area contributed by atoms with Crippen LogP contribution in [-0.4, -0.2) is 13.9 Å². The number of alkyl halides is 2. The van der Waals surface area contributed by atoms with E-state index in [2.05, 4.69) is 38.8 Å². The average molecular weight is 366 g/mol. The highest BCUT2D eigenvalue weighted by atomic mass is 79.9. The van der Waals surface area contributed by atoms with Gasteiger partial charge in [0.1, 0.15) is 0 Å². The lowest BCUT2D eigenvalue weighted by Gasteiger charge is -2.13. The molecule has 0 unspecified atom stereocenters. The Labute approximate surface area is 119 Å². The van der Waals surface area contributed by atoms with Crippen molar-refractivity contribution in [3.8, 4) is 11.5 Å². The molecule has 17 heavy (non-hydrogen) atoms. The summed E-state index contributed by atoms with van der Waals surface area (Å²) >= 11 is 6.85. The first-order valence-corrected chi connectivity index (χ1v) is 7.70. The molecule has 1 aromatic carbocycles. The molecule has 2 N–H and O–H groups in total. The highest BCUT2D eigenvalue weighted by Gasteiger charge is 2.12. The van der Waals surface area contributed by atoms with Gasteiger partial charge >= 0.3 is 0 Å². The Bertz CT molecular complexity index is 365. The molecule has 1 rings (SSSR count). The van der Waals surface area contributed by atoms with Crippen LogP contribution in [0.25, 0.3) is 0 Å². The van der Waals surface area contributed by atoms with Gasteiger partial charge in [-0.15, -0.1) is 0 Å². The van der Waals surface area contributed by atoms with Crippen molar-refractivity contribution in [2.45, 2.75) is 42.8 Å². The molecule has 0 amide bonds. The summed E-state index contributed by atoms with van der Waals surface area (Å²) in [6, 6.07) is 3.49. The van der Waals surface area contributed by atoms with E-state index in [1.54, 1.807) is 6.07 Å². The van der Waals surface area contributed by atoms with Gasteiger partial charge in [-0.3, -0.25) is 0 Å². The SMILES string of the molecule is CCCCc1ccc(O)c(O)c1CCC(Br)Br. The number of aromatic hydroxyl groups is 2. The number of hydrogen-bond donors (Lipinski definition) is 2. The lowest BCUT2D eigenvalue weighted by atomic mass is 9.97. The van der Waals surface area contributed by atoms with E-state index in [0.29, 0.717) is 0 Å². The zero-order chi connectivity index (χ0) is 12.8. The van der Waals surface area contributed by atoms with Crippen molar-refractivity contribution < 1.29 is 10.2 Å². The number of rotatable bonds is 6. The summed E-state index contributed by atoms with van der Waals surface area (Å²) in [6.45, 7) is 2.15. The third-order valence-corrected chi connectivity index (χ3v) is 3.69. The fourth-order valence-corrected chi connectivity index (χ4v) is 2.26. The predicted molar refractivity (Wildman–Crippen MR) is 78.3 cm³/mol. The van der Waals surface area contributed by atoms with Crippen LogP contribution in [0.2, 0.25) is 0 Å². The number of unbranched alkanes of at least 4 members (excludes halogenated alkanes) is 1. The average Bonchev–Trinajstić information content (AvgIpc) is 2.29. The van der Waals surface area contributed by atoms with Crippen molar-refractivity contribution in [2.75, 3.05) is 0 Å². The zero-order valence-electron chi connectivity index (χ0n) is 9.92. The fourth-order valence-electron chi connectivity index (χ4n) is 1.80. The fraction of sp³-hybridized carbons (Fsp3) is 0.538. The minimum atomic E-state index is -0.0269. The van der Waals surface area contributed by atoms with Crippen LogP contribution in [0, 0.1) is 0 Å². The Morgan fingerprint density at radius 2 is 1.88 bits per heavy atom. The molecule has 0 saturated heterocycles. The van der Waals surface area contributed by atoms with Crippen LogP contribution in [0.1, 0.15) is 37.3 Å². The maximum atomic E-state index is 9.91. The largest absolute Gasteiger partial charge is 0.504 e. The highest BCUT2D eigenvalue weighted by molar-refractivity contribution is 9.24. The van der Waals surface area contributed by atoms with Crippen LogP contribution >= 0.6 is 31.9 Å². The second-order valence-corrected chi connectivity index (χ2v) is 7.54. The maximum Gasteiger partial charge on any atom is 0.160 e. The quantitative estimate of drug-likeness (QED) is 0.576. The summed E-state index contributed by atoms with van der Waals surface area (Å²) in [5, 5.41) is 19.5. The molecule has 0 atom stereocenters. The number of phenols is 2. The van der Waals surface area contributed by atoms with Crippen LogP contribution in [-0.2, 0) is 12.8 Å². The lowest BCUT2D eigenvalue weighted by molar-refractivity contribution is 0.398. The molecule has 0 saturated carbocycles. The molecule has 0 aliphatic carbocycles. The molecule has 0 aliphatic rings. The van der Waals surface area contributed by atoms with Crippen LogP contribution in [0.5, 0.6) is 11.5 Å². The van der Waals surface area contributed by atoms with Crippen LogP contribution in [0.3, 0.4) is 0 Å². The molecule has 4 heteroatoms. The van der Waals surface area contributed by atoms with Crippen molar-refractivity contribution in [1.82, 2.24) is 0 Å². The molecule has 1 aromatic rings. The van der Waals surface area contributed by atoms with Crippen molar-refractivity contribution in [3.63, 3.8) is 0 Å². The third kappa shape index (κ3) is 4.51. The first-order valence-electron chi connectivity index (χ1n) is 5.87. The Hall–Kier alpha value is -0.220. The van der Waals surface area contributed by atoms with E-state index in [1.165, 1.54) is 0 Å². The van der Waals surface area contributed by atoms with Crippen molar-refractivity contribution in [3.05, 3.63) is 23.3 Å². The Balaban J connectivity index is 2.90. The summed E-state index contributed by atoms with van der Waals surface area (Å²) in [7, 11) is 0. The van der Waals surface area contributed by atoms with E-state index in [9.17, 15) is 10.2 Å². The second kappa shape index (κ2) is 7.27. The van der Waals surface area contributed by atoms with Gasteiger partial charge in [0.25, 0.3) is 0 Å². The number of benzene rings is 1. The molecule has 0 fully saturated rings. The van der Waals surface area contributed by atoms with Crippen LogP contribution in [0.4, 0.5) is 0 Å². The first-order chi connectivity index (χ1) is 8.06. The Morgan fingerprint density at radius 1 is 1.18 bits per heavy atom. The molecular formula is C13H18Br2O2. The smallest absolute Gasteiger partial charge is 0.160 e. The van der Waals surface area contributed by atoms with Gasteiger partial charge in [-0.1, -0.05) is 51.3 Å². The summed E-state index contributed by atoms with van der Waals surface area (Å²) in [5.41, 5.74) is 2.02. The Kier molecular flexibility index (Phi) is 6.34. The van der Waals surface area contributed by atoms with Gasteiger partial charge in [0, 0.05) is 5.56 Å². The number of phenolic OH excluding ortho intramolecular Hbond substituents is 2. The summed E-state index contributed by atoms with van der Waals surface area (Å²) in [4.78, 5) is 0. The summed E-state index contributed by atoms with van der Waals surface area (Å²) < 4.78 is 0.232. The van der Waals surface area contributed by atoms with Gasteiger partial charge in [0.05, 0.1) is 3.74 Å². The van der Waals surface area contributed by atoms with Gasteiger partial charge in [-0.25, -0.2) is 0 Å². The molecule has 0 spiro atoms. The minimum Gasteiger partial charge on any atom is -0.504 e. The van der Waals surface area contributed by atoms with Crippen LogP contribution < -0.4 is 0 Å². The topological polar surface area (TPSA) is 40.5 Å². The van der Waals surface area contributed by atoms with Gasteiger partial charge in [0.15, 0.2) is 11.5 Å². The van der Waals surface area contributed by atoms with E-state index >= 15 is 0 Å². The number of halogens is 2. The van der Waals surface area contributed by atoms with Crippen molar-refractivity contribution in [2.24, 2.45) is 0 Å². The molecule has 0 radical (unpaired) electrons. The summed E-state index contributed by atoms with van der Waals surface area (Å²) in [5.74, 6) is 0.0141. The predicted octanol–water partition coefficient (Wildman–Crippen LogP) is 4.49. The van der Waals surface area contributed by atoms with Crippen molar-refractivity contribution >= 4 is 31.9 Å². The standard InChI is InChI=1S/C13H18Br2O2/c1-2-3-4-9-5-7-11(16)13(17)10(9)6-8-12(14)15/h5,7,12,16-17H,2-4,6,8H2,1H3. The lowest BCUT2D eigenvalue weighted by Crippen LogP contribution is -1.98. The Morgan fingerprint density at radius 3 is 2.47 bits per heavy atom. The van der Waals surface area contributed by atoms with E-state index in [4.69, 9.17) is 0 Å². The number of hydrogen-bond acceptors (Lipinski definition) is 2. The molecule has 96 valence electrons. The van der Waals surface area contributed by atoms with Gasteiger partial charge in [-0.2, -0.15) is 0 Å². The summed E-state index contributed by atoms with van der Waals surface area (Å²) in [6.07, 6.45) is 4.80. The molecule has 0 bridgehead atoms. The minimum absolute atomic E-state index is 0.0269. The number of aryl methyl sites for hydroxylation is 1. The van der Waals surface area contributed by atoms with Gasteiger partial charge < -0.3 is 10.2 Å². The van der Waals surface area contributed by atoms with E-state index < -0.39 is 0 Å². The second-order valence-electron chi connectivity index (χ2n) is 4.10. The third-order valence-electron chi connectivity index (χ3n) is 2.77. The molecule has 0 heterocycles. The molecule has 0 aromatic heterocycles. The monoisotopic (exact) mass is 364 g/mol. The zero-order valence-corrected chi connectivity index (χ0v) is 13.1. The highest BCUT2D eigenvalue weighted by Crippen LogP contribution is 2.34. The molecule has 2 nitrogen and oxygen atoms in total. The van der Waals surface area contributed by atoms with Gasteiger partial charge in [-0.05, 0) is 37.3 Å². The van der Waals surface area contributed by atoms with E-state index in [0.717, 1.165) is 43.2 Å². The van der Waals surface area contributed by atoms with Crippen LogP contribution in [0.15, 0.2) is 12.1 Å². The molecular weight excluding hydrogens is 348 g/mol. The molecule has 0 aliphatic heterocycles. The van der Waals surface area contributed by atoms with E-state index in [-0.39, 0.29) is 15.2 Å². The van der Waals surface area contributed by atoms with Crippen molar-refractivity contribution in [1.29, 1.82) is 0 Å². The first kappa shape index (κ1) is 14.8. The van der Waals surface area contributed by atoms with E-state index in [1.807, 2.05) is 6.07 Å². The van der Waals surface area contributed by atoms with Gasteiger partial charge in [0.2, 0.25) is 0 Å². The maximum absolute atomic E-state index is 9.91.